The second-order valence-electron chi connectivity index (χ2n) is 4.80. The van der Waals surface area contributed by atoms with E-state index in [4.69, 9.17) is 0 Å². The van der Waals surface area contributed by atoms with Gasteiger partial charge in [-0.3, -0.25) is 9.59 Å². The van der Waals surface area contributed by atoms with Crippen LogP contribution < -0.4 is 10.6 Å². The van der Waals surface area contributed by atoms with Crippen molar-refractivity contribution in [3.05, 3.63) is 29.8 Å². The molecule has 1 aromatic rings. The fourth-order valence-electron chi connectivity index (χ4n) is 2.49. The van der Waals surface area contributed by atoms with Crippen LogP contribution in [0.5, 0.6) is 0 Å². The zero-order chi connectivity index (χ0) is 14.5. The highest BCUT2D eigenvalue weighted by Crippen LogP contribution is 2.30. The van der Waals surface area contributed by atoms with E-state index in [2.05, 4.69) is 10.6 Å². The second kappa shape index (κ2) is 6.41. The van der Waals surface area contributed by atoms with Gasteiger partial charge in [0.05, 0.1) is 12.5 Å². The molecule has 20 heavy (non-hydrogen) atoms. The lowest BCUT2D eigenvalue weighted by Gasteiger charge is -2.19. The number of fused-ring (bicyclic) bond motifs is 1. The van der Waals surface area contributed by atoms with Crippen LogP contribution >= 0.6 is 0 Å². The average Bonchev–Trinajstić information content (AvgIpc) is 2.90. The second-order valence-corrected chi connectivity index (χ2v) is 4.80. The Balaban J connectivity index is 1.92. The molecular formula is C15H21N3O2. The van der Waals surface area contributed by atoms with E-state index in [1.807, 2.05) is 38.1 Å². The van der Waals surface area contributed by atoms with Crippen LogP contribution in [0.1, 0.15) is 25.3 Å². The number of carbonyl (C=O) groups excluding carboxylic acids is 2. The van der Waals surface area contributed by atoms with E-state index in [9.17, 15) is 9.59 Å². The molecule has 0 spiro atoms. The van der Waals surface area contributed by atoms with Gasteiger partial charge in [0.1, 0.15) is 0 Å². The van der Waals surface area contributed by atoms with Crippen molar-refractivity contribution in [1.29, 1.82) is 0 Å². The van der Waals surface area contributed by atoms with E-state index >= 15 is 0 Å². The number of para-hydroxylation sites is 1. The van der Waals surface area contributed by atoms with Crippen molar-refractivity contribution in [2.24, 2.45) is 0 Å². The molecule has 0 radical (unpaired) electrons. The number of hydrogen-bond acceptors (Lipinski definition) is 3. The first kappa shape index (κ1) is 14.4. The van der Waals surface area contributed by atoms with Crippen LogP contribution in [0, 0.1) is 0 Å². The summed E-state index contributed by atoms with van der Waals surface area (Å²) in [6, 6.07) is 7.78. The summed E-state index contributed by atoms with van der Waals surface area (Å²) in [5.41, 5.74) is 2.00. The smallest absolute Gasteiger partial charge is 0.241 e. The van der Waals surface area contributed by atoms with Crippen molar-refractivity contribution in [2.45, 2.75) is 19.8 Å². The van der Waals surface area contributed by atoms with Gasteiger partial charge in [-0.05, 0) is 25.5 Å². The lowest BCUT2D eigenvalue weighted by atomic mass is 10.0. The van der Waals surface area contributed by atoms with Crippen LogP contribution in [0.4, 0.5) is 5.69 Å². The van der Waals surface area contributed by atoms with Gasteiger partial charge in [0, 0.05) is 25.3 Å². The first-order valence-electron chi connectivity index (χ1n) is 7.05. The lowest BCUT2D eigenvalue weighted by molar-refractivity contribution is -0.132. The van der Waals surface area contributed by atoms with Crippen LogP contribution in [0.15, 0.2) is 24.3 Å². The van der Waals surface area contributed by atoms with Crippen LogP contribution in [0.2, 0.25) is 0 Å². The van der Waals surface area contributed by atoms with E-state index in [0.29, 0.717) is 19.6 Å². The molecule has 0 saturated heterocycles. The first-order valence-corrected chi connectivity index (χ1v) is 7.05. The molecule has 0 fully saturated rings. The molecule has 0 aliphatic carbocycles. The monoisotopic (exact) mass is 275 g/mol. The Morgan fingerprint density at radius 2 is 2.00 bits per heavy atom. The van der Waals surface area contributed by atoms with Gasteiger partial charge in [-0.25, -0.2) is 0 Å². The van der Waals surface area contributed by atoms with Gasteiger partial charge in [-0.2, -0.15) is 0 Å². The maximum absolute atomic E-state index is 12.2. The van der Waals surface area contributed by atoms with Crippen LogP contribution in [-0.4, -0.2) is 42.9 Å². The SMILES string of the molecule is CCN(CC)C(=O)CNC(=O)C1CNc2ccccc21. The summed E-state index contributed by atoms with van der Waals surface area (Å²) in [4.78, 5) is 25.8. The number of nitrogens with one attached hydrogen (secondary N) is 2. The highest BCUT2D eigenvalue weighted by atomic mass is 16.2. The van der Waals surface area contributed by atoms with Gasteiger partial charge < -0.3 is 15.5 Å². The summed E-state index contributed by atoms with van der Waals surface area (Å²) in [5, 5.41) is 5.95. The van der Waals surface area contributed by atoms with E-state index in [1.165, 1.54) is 0 Å². The predicted octanol–water partition coefficient (Wildman–Crippen LogP) is 1.18. The highest BCUT2D eigenvalue weighted by molar-refractivity contribution is 5.91. The van der Waals surface area contributed by atoms with Gasteiger partial charge in [0.15, 0.2) is 0 Å². The summed E-state index contributed by atoms with van der Waals surface area (Å²) in [6.45, 7) is 5.85. The number of nitrogens with zero attached hydrogens (tertiary/aromatic N) is 1. The topological polar surface area (TPSA) is 61.4 Å². The minimum Gasteiger partial charge on any atom is -0.384 e. The fourth-order valence-corrected chi connectivity index (χ4v) is 2.49. The number of anilines is 1. The van der Waals surface area contributed by atoms with Crippen LogP contribution in [0.3, 0.4) is 0 Å². The summed E-state index contributed by atoms with van der Waals surface area (Å²) in [7, 11) is 0. The molecule has 0 saturated carbocycles. The van der Waals surface area contributed by atoms with Gasteiger partial charge in [-0.15, -0.1) is 0 Å². The molecule has 5 heteroatoms. The normalized spacial score (nSPS) is 16.2. The van der Waals surface area contributed by atoms with Gasteiger partial charge in [0.25, 0.3) is 0 Å². The van der Waals surface area contributed by atoms with Crippen molar-refractivity contribution in [2.75, 3.05) is 31.5 Å². The number of amides is 2. The van der Waals surface area contributed by atoms with Gasteiger partial charge in [0.2, 0.25) is 11.8 Å². The van der Waals surface area contributed by atoms with Gasteiger partial charge >= 0.3 is 0 Å². The van der Waals surface area contributed by atoms with E-state index in [1.54, 1.807) is 4.90 Å². The molecule has 1 atom stereocenters. The van der Waals surface area contributed by atoms with Gasteiger partial charge in [-0.1, -0.05) is 18.2 Å². The van der Waals surface area contributed by atoms with Crippen LogP contribution in [0.25, 0.3) is 0 Å². The minimum atomic E-state index is -0.212. The number of likely N-dealkylation sites (N-methyl/N-ethyl adjacent to an activating group) is 1. The average molecular weight is 275 g/mol. The molecule has 108 valence electrons. The summed E-state index contributed by atoms with van der Waals surface area (Å²) >= 11 is 0. The van der Waals surface area contributed by atoms with E-state index in [0.717, 1.165) is 11.3 Å². The van der Waals surface area contributed by atoms with Crippen LogP contribution in [-0.2, 0) is 9.59 Å². The Bertz CT molecular complexity index is 498. The Morgan fingerprint density at radius 3 is 2.70 bits per heavy atom. The third-order valence-corrected chi connectivity index (χ3v) is 3.68. The summed E-state index contributed by atoms with van der Waals surface area (Å²) < 4.78 is 0. The molecule has 1 heterocycles. The Kier molecular flexibility index (Phi) is 4.61. The Hall–Kier alpha value is -2.04. The molecule has 2 rings (SSSR count). The number of hydrogen-bond donors (Lipinski definition) is 2. The molecule has 5 nitrogen and oxygen atoms in total. The van der Waals surface area contributed by atoms with Crippen molar-refractivity contribution < 1.29 is 9.59 Å². The van der Waals surface area contributed by atoms with Crippen molar-refractivity contribution in [1.82, 2.24) is 10.2 Å². The highest BCUT2D eigenvalue weighted by Gasteiger charge is 2.28. The first-order chi connectivity index (χ1) is 9.67. The molecule has 1 aromatic carbocycles. The summed E-state index contributed by atoms with van der Waals surface area (Å²) in [5.74, 6) is -0.346. The molecule has 1 aliphatic heterocycles. The third kappa shape index (κ3) is 2.92. The Morgan fingerprint density at radius 1 is 1.30 bits per heavy atom. The molecule has 0 bridgehead atoms. The van der Waals surface area contributed by atoms with E-state index in [-0.39, 0.29) is 24.3 Å². The number of carbonyl (C=O) groups is 2. The quantitative estimate of drug-likeness (QED) is 0.848. The fraction of sp³-hybridized carbons (Fsp3) is 0.467. The lowest BCUT2D eigenvalue weighted by Crippen LogP contribution is -2.41. The molecular weight excluding hydrogens is 254 g/mol. The summed E-state index contributed by atoms with van der Waals surface area (Å²) in [6.07, 6.45) is 0. The largest absolute Gasteiger partial charge is 0.384 e. The molecule has 2 amide bonds. The zero-order valence-electron chi connectivity index (χ0n) is 12.0. The maximum atomic E-state index is 12.2. The van der Waals surface area contributed by atoms with Crippen molar-refractivity contribution >= 4 is 17.5 Å². The van der Waals surface area contributed by atoms with Crippen molar-refractivity contribution in [3.8, 4) is 0 Å². The van der Waals surface area contributed by atoms with E-state index < -0.39 is 0 Å². The minimum absolute atomic E-state index is 0.0393. The molecule has 2 N–H and O–H groups in total. The standard InChI is InChI=1S/C15H21N3O2/c1-3-18(4-2)14(19)10-17-15(20)12-9-16-13-8-6-5-7-11(12)13/h5-8,12,16H,3-4,9-10H2,1-2H3,(H,17,20). The number of benzene rings is 1. The maximum Gasteiger partial charge on any atom is 0.241 e. The van der Waals surface area contributed by atoms with Crippen molar-refractivity contribution in [3.63, 3.8) is 0 Å². The number of rotatable bonds is 5. The zero-order valence-corrected chi connectivity index (χ0v) is 12.0. The molecule has 1 unspecified atom stereocenters. The predicted molar refractivity (Wildman–Crippen MR) is 78.6 cm³/mol. The molecule has 0 aromatic heterocycles. The molecule has 1 aliphatic rings. The third-order valence-electron chi connectivity index (χ3n) is 3.68. The Labute approximate surface area is 119 Å².